The maximum absolute atomic E-state index is 12.5. The summed E-state index contributed by atoms with van der Waals surface area (Å²) in [6.45, 7) is 9.15. The van der Waals surface area contributed by atoms with Gasteiger partial charge in [-0.3, -0.25) is 4.79 Å². The van der Waals surface area contributed by atoms with Gasteiger partial charge in [0.25, 0.3) is 0 Å². The Labute approximate surface area is 144 Å². The van der Waals surface area contributed by atoms with E-state index in [0.29, 0.717) is 30.1 Å². The van der Waals surface area contributed by atoms with E-state index in [1.807, 2.05) is 29.2 Å². The van der Waals surface area contributed by atoms with Gasteiger partial charge in [0.1, 0.15) is 6.61 Å². The molecule has 0 bridgehead atoms. The summed E-state index contributed by atoms with van der Waals surface area (Å²) in [6.07, 6.45) is 7.41. The van der Waals surface area contributed by atoms with Gasteiger partial charge in [-0.2, -0.15) is 0 Å². The van der Waals surface area contributed by atoms with E-state index in [2.05, 4.69) is 20.4 Å². The zero-order valence-electron chi connectivity index (χ0n) is 14.8. The summed E-state index contributed by atoms with van der Waals surface area (Å²) in [4.78, 5) is 14.5. The number of nitrogens with zero attached hydrogens (tertiary/aromatic N) is 1. The molecule has 0 radical (unpaired) electrons. The molecule has 0 saturated heterocycles. The normalized spacial score (nSPS) is 14.0. The van der Waals surface area contributed by atoms with E-state index in [1.165, 1.54) is 0 Å². The molecule has 1 amide bonds. The number of rotatable bonds is 9. The van der Waals surface area contributed by atoms with E-state index in [9.17, 15) is 4.79 Å². The Balaban J connectivity index is 2.06. The second kappa shape index (κ2) is 8.57. The third kappa shape index (κ3) is 5.15. The summed E-state index contributed by atoms with van der Waals surface area (Å²) in [6, 6.07) is 6.05. The first kappa shape index (κ1) is 18.1. The Morgan fingerprint density at radius 2 is 2.12 bits per heavy atom. The highest BCUT2D eigenvalue weighted by atomic mass is 16.5. The third-order valence-corrected chi connectivity index (χ3v) is 3.80. The van der Waals surface area contributed by atoms with Crippen LogP contribution in [0.3, 0.4) is 0 Å². The minimum absolute atomic E-state index is 0.0807. The van der Waals surface area contributed by atoms with Gasteiger partial charge in [0, 0.05) is 18.7 Å². The minimum Gasteiger partial charge on any atom is -0.493 e. The second-order valence-electron chi connectivity index (χ2n) is 6.46. The van der Waals surface area contributed by atoms with E-state index in [0.717, 1.165) is 24.9 Å². The van der Waals surface area contributed by atoms with Crippen molar-refractivity contribution in [1.82, 2.24) is 4.90 Å². The molecule has 130 valence electrons. The lowest BCUT2D eigenvalue weighted by Crippen LogP contribution is -2.34. The SMILES string of the molecule is C=CCOc1ccc(/C=C/C(=O)N(CC(C)C)C2CC2)cc1OC. The van der Waals surface area contributed by atoms with E-state index >= 15 is 0 Å². The van der Waals surface area contributed by atoms with Crippen LogP contribution >= 0.6 is 0 Å². The molecule has 0 N–H and O–H groups in total. The van der Waals surface area contributed by atoms with Gasteiger partial charge in [0.2, 0.25) is 5.91 Å². The molecule has 1 fully saturated rings. The average Bonchev–Trinajstić information content (AvgIpc) is 3.40. The number of amides is 1. The van der Waals surface area contributed by atoms with Gasteiger partial charge in [0.05, 0.1) is 7.11 Å². The molecule has 0 atom stereocenters. The number of benzene rings is 1. The van der Waals surface area contributed by atoms with Crippen molar-refractivity contribution in [1.29, 1.82) is 0 Å². The summed E-state index contributed by atoms with van der Waals surface area (Å²) in [5.74, 6) is 1.87. The van der Waals surface area contributed by atoms with Gasteiger partial charge in [-0.05, 0) is 42.5 Å². The number of methoxy groups -OCH3 is 1. The van der Waals surface area contributed by atoms with E-state index < -0.39 is 0 Å². The first-order valence-electron chi connectivity index (χ1n) is 8.45. The summed E-state index contributed by atoms with van der Waals surface area (Å²) in [7, 11) is 1.60. The van der Waals surface area contributed by atoms with Crippen LogP contribution in [0.4, 0.5) is 0 Å². The lowest BCUT2D eigenvalue weighted by Gasteiger charge is -2.22. The zero-order valence-corrected chi connectivity index (χ0v) is 14.8. The Morgan fingerprint density at radius 3 is 2.71 bits per heavy atom. The second-order valence-corrected chi connectivity index (χ2v) is 6.46. The van der Waals surface area contributed by atoms with Gasteiger partial charge in [-0.1, -0.05) is 32.6 Å². The van der Waals surface area contributed by atoms with Gasteiger partial charge < -0.3 is 14.4 Å². The van der Waals surface area contributed by atoms with Crippen LogP contribution < -0.4 is 9.47 Å². The van der Waals surface area contributed by atoms with Crippen molar-refractivity contribution in [3.63, 3.8) is 0 Å². The lowest BCUT2D eigenvalue weighted by atomic mass is 10.1. The van der Waals surface area contributed by atoms with Crippen LogP contribution in [0, 0.1) is 5.92 Å². The predicted octanol–water partition coefficient (Wildman–Crippen LogP) is 3.92. The van der Waals surface area contributed by atoms with Crippen molar-refractivity contribution in [2.45, 2.75) is 32.7 Å². The molecule has 0 heterocycles. The van der Waals surface area contributed by atoms with Gasteiger partial charge >= 0.3 is 0 Å². The van der Waals surface area contributed by atoms with Crippen molar-refractivity contribution >= 4 is 12.0 Å². The maximum Gasteiger partial charge on any atom is 0.246 e. The van der Waals surface area contributed by atoms with Gasteiger partial charge in [0.15, 0.2) is 11.5 Å². The van der Waals surface area contributed by atoms with E-state index in [4.69, 9.17) is 9.47 Å². The molecular weight excluding hydrogens is 302 g/mol. The molecule has 2 rings (SSSR count). The van der Waals surface area contributed by atoms with Crippen molar-refractivity contribution in [2.24, 2.45) is 5.92 Å². The monoisotopic (exact) mass is 329 g/mol. The number of ether oxygens (including phenoxy) is 2. The molecule has 0 spiro atoms. The molecule has 1 aliphatic carbocycles. The molecule has 1 aromatic carbocycles. The predicted molar refractivity (Wildman–Crippen MR) is 97.3 cm³/mol. The zero-order chi connectivity index (χ0) is 17.5. The number of carbonyl (C=O) groups excluding carboxylic acids is 1. The lowest BCUT2D eigenvalue weighted by molar-refractivity contribution is -0.127. The fourth-order valence-electron chi connectivity index (χ4n) is 2.52. The largest absolute Gasteiger partial charge is 0.493 e. The number of hydrogen-bond acceptors (Lipinski definition) is 3. The third-order valence-electron chi connectivity index (χ3n) is 3.80. The number of hydrogen-bond donors (Lipinski definition) is 0. The quantitative estimate of drug-likeness (QED) is 0.509. The molecule has 4 nitrogen and oxygen atoms in total. The molecule has 4 heteroatoms. The summed E-state index contributed by atoms with van der Waals surface area (Å²) in [5.41, 5.74) is 0.909. The average molecular weight is 329 g/mol. The molecule has 1 aliphatic rings. The summed E-state index contributed by atoms with van der Waals surface area (Å²) < 4.78 is 10.9. The highest BCUT2D eigenvalue weighted by Gasteiger charge is 2.31. The molecular formula is C20H27NO3. The smallest absolute Gasteiger partial charge is 0.246 e. The fourth-order valence-corrected chi connectivity index (χ4v) is 2.52. The van der Waals surface area contributed by atoms with Gasteiger partial charge in [-0.15, -0.1) is 0 Å². The van der Waals surface area contributed by atoms with Crippen LogP contribution in [0.5, 0.6) is 11.5 Å². The Bertz CT molecular complexity index is 603. The van der Waals surface area contributed by atoms with E-state index in [-0.39, 0.29) is 5.91 Å². The van der Waals surface area contributed by atoms with E-state index in [1.54, 1.807) is 19.3 Å². The van der Waals surface area contributed by atoms with Crippen molar-refractivity contribution < 1.29 is 14.3 Å². The van der Waals surface area contributed by atoms with Crippen molar-refractivity contribution in [3.05, 3.63) is 42.5 Å². The van der Waals surface area contributed by atoms with Crippen LogP contribution in [0.15, 0.2) is 36.9 Å². The van der Waals surface area contributed by atoms with Gasteiger partial charge in [-0.25, -0.2) is 0 Å². The molecule has 0 aromatic heterocycles. The maximum atomic E-state index is 12.5. The fraction of sp³-hybridized carbons (Fsp3) is 0.450. The van der Waals surface area contributed by atoms with Crippen molar-refractivity contribution in [2.75, 3.05) is 20.3 Å². The Morgan fingerprint density at radius 1 is 1.38 bits per heavy atom. The summed E-state index contributed by atoms with van der Waals surface area (Å²) >= 11 is 0. The van der Waals surface area contributed by atoms with Crippen LogP contribution in [0.2, 0.25) is 0 Å². The highest BCUT2D eigenvalue weighted by Crippen LogP contribution is 2.30. The topological polar surface area (TPSA) is 38.8 Å². The van der Waals surface area contributed by atoms with Crippen LogP contribution in [-0.4, -0.2) is 37.1 Å². The Hall–Kier alpha value is -2.23. The molecule has 1 saturated carbocycles. The molecule has 0 unspecified atom stereocenters. The molecule has 24 heavy (non-hydrogen) atoms. The number of carbonyl (C=O) groups is 1. The van der Waals surface area contributed by atoms with Crippen LogP contribution in [0.1, 0.15) is 32.3 Å². The molecule has 1 aromatic rings. The highest BCUT2D eigenvalue weighted by molar-refractivity contribution is 5.92. The first-order valence-corrected chi connectivity index (χ1v) is 8.45. The molecule has 0 aliphatic heterocycles. The first-order chi connectivity index (χ1) is 11.5. The summed E-state index contributed by atoms with van der Waals surface area (Å²) in [5, 5.41) is 0. The Kier molecular flexibility index (Phi) is 6.47. The van der Waals surface area contributed by atoms with Crippen molar-refractivity contribution in [3.8, 4) is 11.5 Å². The standard InChI is InChI=1S/C20H27NO3/c1-5-12-24-18-10-6-16(13-19(18)23-4)7-11-20(22)21(14-15(2)3)17-8-9-17/h5-7,10-11,13,15,17H,1,8-9,12,14H2,2-4H3/b11-7+. The minimum atomic E-state index is 0.0807. The van der Waals surface area contributed by atoms with Crippen LogP contribution in [-0.2, 0) is 4.79 Å². The van der Waals surface area contributed by atoms with Crippen LogP contribution in [0.25, 0.3) is 6.08 Å².